The van der Waals surface area contributed by atoms with Crippen molar-refractivity contribution in [1.29, 1.82) is 0 Å². The quantitative estimate of drug-likeness (QED) is 0.628. The Morgan fingerprint density at radius 1 is 1.00 bits per heavy atom. The van der Waals surface area contributed by atoms with Crippen LogP contribution in [0.1, 0.15) is 34.1 Å². The Bertz CT molecular complexity index is 904. The first kappa shape index (κ1) is 20.6. The van der Waals surface area contributed by atoms with Gasteiger partial charge < -0.3 is 14.8 Å². The molecule has 150 valence electrons. The van der Waals surface area contributed by atoms with Gasteiger partial charge in [-0.2, -0.15) is 0 Å². The number of nitrogens with one attached hydrogen (secondary N) is 1. The number of carbonyl (C=O) groups excluding carboxylic acids is 1. The number of benzene rings is 2. The summed E-state index contributed by atoms with van der Waals surface area (Å²) < 4.78 is 11.4. The van der Waals surface area contributed by atoms with Crippen LogP contribution in [0.3, 0.4) is 0 Å². The average molecular weight is 390 g/mol. The minimum absolute atomic E-state index is 0.0451. The molecule has 1 N–H and O–H groups in total. The second-order valence-corrected chi connectivity index (χ2v) is 6.84. The summed E-state index contributed by atoms with van der Waals surface area (Å²) in [6, 6.07) is 19.8. The molecule has 0 aliphatic carbocycles. The topological polar surface area (TPSA) is 60.5 Å². The lowest BCUT2D eigenvalue weighted by molar-refractivity contribution is -0.127. The van der Waals surface area contributed by atoms with Crippen molar-refractivity contribution in [3.8, 4) is 5.75 Å². The molecule has 3 rings (SSSR count). The fraction of sp³-hybridized carbons (Fsp3) is 0.250. The number of carbonyl (C=O) groups is 1. The predicted molar refractivity (Wildman–Crippen MR) is 113 cm³/mol. The molecular formula is C24H26N2O3. The fourth-order valence-electron chi connectivity index (χ4n) is 3.28. The van der Waals surface area contributed by atoms with E-state index in [4.69, 9.17) is 9.47 Å². The first-order chi connectivity index (χ1) is 14.1. The number of methoxy groups -OCH3 is 1. The first-order valence-electron chi connectivity index (χ1n) is 9.57. The molecule has 0 atom stereocenters. The molecule has 1 amide bonds. The standard InChI is InChI=1S/C24H26N2O3/c1-17-14-25-21(18(2)23(17)28-3)15-26-22(27)16-29-24(19-10-6-4-7-11-19)20-12-8-5-9-13-20/h4-14,24H,15-16H2,1-3H3,(H,26,27). The largest absolute Gasteiger partial charge is 0.496 e. The summed E-state index contributed by atoms with van der Waals surface area (Å²) in [7, 11) is 1.64. The van der Waals surface area contributed by atoms with E-state index >= 15 is 0 Å². The zero-order valence-corrected chi connectivity index (χ0v) is 17.0. The molecular weight excluding hydrogens is 364 g/mol. The molecule has 29 heavy (non-hydrogen) atoms. The van der Waals surface area contributed by atoms with Crippen molar-refractivity contribution in [2.24, 2.45) is 0 Å². The monoisotopic (exact) mass is 390 g/mol. The molecule has 5 nitrogen and oxygen atoms in total. The molecule has 0 radical (unpaired) electrons. The summed E-state index contributed by atoms with van der Waals surface area (Å²) in [5.74, 6) is 0.608. The van der Waals surface area contributed by atoms with Crippen LogP contribution in [-0.2, 0) is 16.1 Å². The van der Waals surface area contributed by atoms with Crippen LogP contribution in [0.2, 0.25) is 0 Å². The molecule has 1 heterocycles. The van der Waals surface area contributed by atoms with Crippen molar-refractivity contribution in [1.82, 2.24) is 10.3 Å². The summed E-state index contributed by atoms with van der Waals surface area (Å²) in [6.07, 6.45) is 1.45. The van der Waals surface area contributed by atoms with Gasteiger partial charge in [0.2, 0.25) is 5.91 Å². The molecule has 0 aliphatic heterocycles. The van der Waals surface area contributed by atoms with E-state index in [-0.39, 0.29) is 18.6 Å². The van der Waals surface area contributed by atoms with Crippen LogP contribution < -0.4 is 10.1 Å². The summed E-state index contributed by atoms with van der Waals surface area (Å²) in [5, 5.41) is 2.89. The maximum absolute atomic E-state index is 12.4. The van der Waals surface area contributed by atoms with Gasteiger partial charge in [-0.05, 0) is 25.0 Å². The highest BCUT2D eigenvalue weighted by Crippen LogP contribution is 2.26. The van der Waals surface area contributed by atoms with Gasteiger partial charge in [0.25, 0.3) is 0 Å². The van der Waals surface area contributed by atoms with Crippen LogP contribution >= 0.6 is 0 Å². The van der Waals surface area contributed by atoms with Gasteiger partial charge in [-0.1, -0.05) is 60.7 Å². The second-order valence-electron chi connectivity index (χ2n) is 6.84. The smallest absolute Gasteiger partial charge is 0.246 e. The average Bonchev–Trinajstić information content (AvgIpc) is 2.75. The number of ether oxygens (including phenoxy) is 2. The molecule has 1 aromatic heterocycles. The van der Waals surface area contributed by atoms with Gasteiger partial charge in [-0.15, -0.1) is 0 Å². The van der Waals surface area contributed by atoms with E-state index in [1.165, 1.54) is 0 Å². The van der Waals surface area contributed by atoms with Crippen molar-refractivity contribution in [3.05, 3.63) is 94.8 Å². The highest BCUT2D eigenvalue weighted by molar-refractivity contribution is 5.77. The number of rotatable bonds is 8. The van der Waals surface area contributed by atoms with E-state index in [0.29, 0.717) is 6.54 Å². The van der Waals surface area contributed by atoms with Gasteiger partial charge >= 0.3 is 0 Å². The molecule has 2 aromatic carbocycles. The fourth-order valence-corrected chi connectivity index (χ4v) is 3.28. The van der Waals surface area contributed by atoms with Gasteiger partial charge in [-0.3, -0.25) is 9.78 Å². The third-order valence-electron chi connectivity index (χ3n) is 4.79. The van der Waals surface area contributed by atoms with Crippen LogP contribution in [0.25, 0.3) is 0 Å². The number of pyridine rings is 1. The van der Waals surface area contributed by atoms with Crippen LogP contribution in [0.4, 0.5) is 0 Å². The summed E-state index contributed by atoms with van der Waals surface area (Å²) in [6.45, 7) is 4.17. The van der Waals surface area contributed by atoms with E-state index in [9.17, 15) is 4.79 Å². The normalized spacial score (nSPS) is 10.8. The molecule has 5 heteroatoms. The Morgan fingerprint density at radius 3 is 2.14 bits per heavy atom. The van der Waals surface area contributed by atoms with Crippen LogP contribution in [0, 0.1) is 13.8 Å². The van der Waals surface area contributed by atoms with Gasteiger partial charge in [0.15, 0.2) is 0 Å². The summed E-state index contributed by atoms with van der Waals surface area (Å²) in [4.78, 5) is 16.8. The molecule has 0 bridgehead atoms. The maximum Gasteiger partial charge on any atom is 0.246 e. The number of hydrogen-bond donors (Lipinski definition) is 1. The molecule has 0 fully saturated rings. The van der Waals surface area contributed by atoms with Crippen molar-refractivity contribution >= 4 is 5.91 Å². The molecule has 0 aliphatic rings. The van der Waals surface area contributed by atoms with Crippen molar-refractivity contribution < 1.29 is 14.3 Å². The van der Waals surface area contributed by atoms with Gasteiger partial charge in [0, 0.05) is 17.3 Å². The number of aryl methyl sites for hydroxylation is 1. The van der Waals surface area contributed by atoms with E-state index < -0.39 is 0 Å². The summed E-state index contributed by atoms with van der Waals surface area (Å²) >= 11 is 0. The lowest BCUT2D eigenvalue weighted by atomic mass is 10.0. The van der Waals surface area contributed by atoms with Crippen molar-refractivity contribution in [3.63, 3.8) is 0 Å². The van der Waals surface area contributed by atoms with Crippen LogP contribution in [0.5, 0.6) is 5.75 Å². The lowest BCUT2D eigenvalue weighted by Crippen LogP contribution is -2.28. The Hall–Kier alpha value is -3.18. The minimum Gasteiger partial charge on any atom is -0.496 e. The van der Waals surface area contributed by atoms with Gasteiger partial charge in [-0.25, -0.2) is 0 Å². The molecule has 0 saturated heterocycles. The third-order valence-corrected chi connectivity index (χ3v) is 4.79. The van der Waals surface area contributed by atoms with Crippen molar-refractivity contribution in [2.75, 3.05) is 13.7 Å². The van der Waals surface area contributed by atoms with Crippen LogP contribution in [0.15, 0.2) is 66.9 Å². The van der Waals surface area contributed by atoms with E-state index in [1.54, 1.807) is 13.3 Å². The van der Waals surface area contributed by atoms with Gasteiger partial charge in [0.05, 0.1) is 19.3 Å². The number of hydrogen-bond acceptors (Lipinski definition) is 4. The minimum atomic E-state index is -0.303. The Kier molecular flexibility index (Phi) is 6.98. The Labute approximate surface area is 171 Å². The zero-order valence-electron chi connectivity index (χ0n) is 17.0. The lowest BCUT2D eigenvalue weighted by Gasteiger charge is -2.19. The van der Waals surface area contributed by atoms with Crippen LogP contribution in [-0.4, -0.2) is 24.6 Å². The van der Waals surface area contributed by atoms with E-state index in [0.717, 1.165) is 33.7 Å². The number of aromatic nitrogens is 1. The molecule has 0 unspecified atom stereocenters. The number of nitrogens with zero attached hydrogens (tertiary/aromatic N) is 1. The highest BCUT2D eigenvalue weighted by Gasteiger charge is 2.16. The first-order valence-corrected chi connectivity index (χ1v) is 9.57. The SMILES string of the molecule is COc1c(C)cnc(CNC(=O)COC(c2ccccc2)c2ccccc2)c1C. The second kappa shape index (κ2) is 9.85. The molecule has 3 aromatic rings. The Balaban J connectivity index is 1.64. The molecule has 0 saturated carbocycles. The third kappa shape index (κ3) is 5.21. The van der Waals surface area contributed by atoms with E-state index in [2.05, 4.69) is 10.3 Å². The van der Waals surface area contributed by atoms with E-state index in [1.807, 2.05) is 74.5 Å². The molecule has 0 spiro atoms. The summed E-state index contributed by atoms with van der Waals surface area (Å²) in [5.41, 5.74) is 4.69. The number of amides is 1. The predicted octanol–water partition coefficient (Wildman–Crippen LogP) is 4.13. The zero-order chi connectivity index (χ0) is 20.6. The van der Waals surface area contributed by atoms with Gasteiger partial charge in [0.1, 0.15) is 18.5 Å². The highest BCUT2D eigenvalue weighted by atomic mass is 16.5. The Morgan fingerprint density at radius 2 is 1.59 bits per heavy atom. The van der Waals surface area contributed by atoms with Crippen molar-refractivity contribution in [2.45, 2.75) is 26.5 Å². The maximum atomic E-state index is 12.4.